The number of oxazole rings is 2. The van der Waals surface area contributed by atoms with Gasteiger partial charge >= 0.3 is 21.1 Å². The van der Waals surface area contributed by atoms with Gasteiger partial charge in [-0.2, -0.15) is 34.5 Å². The van der Waals surface area contributed by atoms with Crippen LogP contribution in [0.25, 0.3) is 56.1 Å². The van der Waals surface area contributed by atoms with E-state index >= 15 is 0 Å². The summed E-state index contributed by atoms with van der Waals surface area (Å²) in [7, 11) is 0. The van der Waals surface area contributed by atoms with E-state index in [1.54, 1.807) is 9.36 Å². The van der Waals surface area contributed by atoms with Crippen molar-refractivity contribution in [2.45, 2.75) is 52.4 Å². The average molecular weight is 750 g/mol. The Bertz CT molecular complexity index is 1930. The third-order valence-electron chi connectivity index (χ3n) is 7.06. The van der Waals surface area contributed by atoms with Gasteiger partial charge < -0.3 is 8.83 Å². The number of rotatable bonds is 4. The number of fused-ring (bicyclic) bond motifs is 2. The van der Waals surface area contributed by atoms with Gasteiger partial charge in [0.15, 0.2) is 11.8 Å². The molecule has 0 aliphatic rings. The fraction of sp³-hybridized carbons (Fsp3) is 0.235. The molecule has 0 unspecified atom stereocenters. The largest absolute Gasteiger partial charge is 2.00 e. The van der Waals surface area contributed by atoms with Gasteiger partial charge in [-0.25, -0.2) is 9.97 Å². The first-order valence-electron chi connectivity index (χ1n) is 13.9. The van der Waals surface area contributed by atoms with Crippen LogP contribution in [0.1, 0.15) is 53.3 Å². The van der Waals surface area contributed by atoms with Crippen molar-refractivity contribution in [3.63, 3.8) is 0 Å². The molecule has 0 spiro atoms. The van der Waals surface area contributed by atoms with Gasteiger partial charge in [0.1, 0.15) is 0 Å². The predicted octanol–water partition coefficient (Wildman–Crippen LogP) is 7.87. The van der Waals surface area contributed by atoms with Crippen LogP contribution in [0.4, 0.5) is 0 Å². The Hall–Kier alpha value is -4.29. The van der Waals surface area contributed by atoms with Crippen LogP contribution in [-0.4, -0.2) is 29.5 Å². The van der Waals surface area contributed by atoms with Crippen molar-refractivity contribution < 1.29 is 29.9 Å². The summed E-state index contributed by atoms with van der Waals surface area (Å²) in [6.07, 6.45) is 3.84. The number of hydrogen-bond donors (Lipinski definition) is 0. The Morgan fingerprint density at radius 2 is 1.02 bits per heavy atom. The van der Waals surface area contributed by atoms with Crippen molar-refractivity contribution in [1.82, 2.24) is 29.5 Å². The minimum Gasteiger partial charge on any atom is -0.501 e. The van der Waals surface area contributed by atoms with E-state index in [1.807, 2.05) is 60.9 Å². The van der Waals surface area contributed by atoms with Crippen LogP contribution in [0.15, 0.2) is 81.9 Å². The van der Waals surface area contributed by atoms with Crippen LogP contribution in [0.5, 0.6) is 0 Å². The number of aromatic nitrogens is 6. The molecule has 7 aromatic rings. The van der Waals surface area contributed by atoms with E-state index in [1.165, 1.54) is 0 Å². The van der Waals surface area contributed by atoms with Gasteiger partial charge in [0.05, 0.1) is 22.6 Å². The second-order valence-corrected chi connectivity index (χ2v) is 12.5. The van der Waals surface area contributed by atoms with E-state index in [0.717, 1.165) is 33.5 Å². The normalized spacial score (nSPS) is 12.2. The smallest absolute Gasteiger partial charge is 0.501 e. The maximum absolute atomic E-state index is 6.19. The van der Waals surface area contributed by atoms with E-state index in [9.17, 15) is 0 Å². The fourth-order valence-corrected chi connectivity index (χ4v) is 4.86. The first-order valence-corrected chi connectivity index (χ1v) is 13.9. The van der Waals surface area contributed by atoms with Crippen molar-refractivity contribution in [1.29, 1.82) is 0 Å². The second kappa shape index (κ2) is 10.5. The quantitative estimate of drug-likeness (QED) is 0.170. The summed E-state index contributed by atoms with van der Waals surface area (Å²) in [6, 6.07) is 26.2. The standard InChI is InChI=1S/C34H30N6O2.Pt/c1-33(2,3)31-35-25-13-9-15-27(29(25)41-31)39-19-17-23(37-39)21-11-7-8-12-22(21)24-18-20-40(38-24)28-16-10-14-26-30(28)42-32(36-26)34(4,5)6;/h7-14,17-20H,1-6H3;/q-2;+2. The van der Waals surface area contributed by atoms with Gasteiger partial charge in [0, 0.05) is 45.4 Å². The summed E-state index contributed by atoms with van der Waals surface area (Å²) in [5.74, 6) is 1.36. The maximum Gasteiger partial charge on any atom is 2.00 e. The van der Waals surface area contributed by atoms with E-state index in [4.69, 9.17) is 29.0 Å². The molecule has 4 heterocycles. The first kappa shape index (κ1) is 28.8. The van der Waals surface area contributed by atoms with Crippen molar-refractivity contribution >= 4 is 22.2 Å². The molecule has 0 fully saturated rings. The molecule has 4 aromatic heterocycles. The second-order valence-electron chi connectivity index (χ2n) is 12.5. The molecule has 218 valence electrons. The van der Waals surface area contributed by atoms with Crippen LogP contribution in [-0.2, 0) is 31.9 Å². The van der Waals surface area contributed by atoms with E-state index in [-0.39, 0.29) is 31.9 Å². The average Bonchev–Trinajstić information content (AvgIpc) is 3.76. The van der Waals surface area contributed by atoms with E-state index in [2.05, 4.69) is 65.8 Å². The topological polar surface area (TPSA) is 87.7 Å². The zero-order chi connectivity index (χ0) is 29.2. The summed E-state index contributed by atoms with van der Waals surface area (Å²) >= 11 is 0. The maximum atomic E-state index is 6.19. The molecule has 7 rings (SSSR count). The van der Waals surface area contributed by atoms with Crippen LogP contribution in [0.2, 0.25) is 0 Å². The Morgan fingerprint density at radius 3 is 1.42 bits per heavy atom. The molecule has 9 heteroatoms. The molecule has 0 N–H and O–H groups in total. The van der Waals surface area contributed by atoms with Gasteiger partial charge in [0.2, 0.25) is 0 Å². The Balaban J connectivity index is 0.00000329. The molecule has 3 aromatic carbocycles. The van der Waals surface area contributed by atoms with Gasteiger partial charge in [-0.05, 0) is 23.5 Å². The molecule has 0 aliphatic heterocycles. The van der Waals surface area contributed by atoms with Crippen LogP contribution >= 0.6 is 0 Å². The van der Waals surface area contributed by atoms with Crippen molar-refractivity contribution in [3.8, 4) is 33.9 Å². The van der Waals surface area contributed by atoms with Crippen LogP contribution in [0, 0.1) is 12.1 Å². The molecule has 0 amide bonds. The minimum atomic E-state index is -0.209. The molecule has 0 radical (unpaired) electrons. The number of nitrogens with zero attached hydrogens (tertiary/aromatic N) is 6. The van der Waals surface area contributed by atoms with Crippen molar-refractivity contribution in [3.05, 3.63) is 97.0 Å². The molecule has 43 heavy (non-hydrogen) atoms. The van der Waals surface area contributed by atoms with Gasteiger partial charge in [-0.15, -0.1) is 12.1 Å². The Morgan fingerprint density at radius 1 is 0.605 bits per heavy atom. The molecule has 0 bridgehead atoms. The van der Waals surface area contributed by atoms with Gasteiger partial charge in [-0.1, -0.05) is 65.8 Å². The zero-order valence-corrected chi connectivity index (χ0v) is 27.0. The first-order chi connectivity index (χ1) is 20.1. The molecule has 0 saturated heterocycles. The molecule has 0 saturated carbocycles. The summed E-state index contributed by atoms with van der Waals surface area (Å²) in [5.41, 5.74) is 7.43. The third kappa shape index (κ3) is 5.14. The summed E-state index contributed by atoms with van der Waals surface area (Å²) < 4.78 is 16.0. The fourth-order valence-electron chi connectivity index (χ4n) is 4.86. The monoisotopic (exact) mass is 749 g/mol. The summed E-state index contributed by atoms with van der Waals surface area (Å²) in [5, 5.41) is 9.85. The van der Waals surface area contributed by atoms with E-state index in [0.29, 0.717) is 34.3 Å². The molecule has 8 nitrogen and oxygen atoms in total. The van der Waals surface area contributed by atoms with Gasteiger partial charge in [0.25, 0.3) is 0 Å². The molecule has 0 aliphatic carbocycles. The Labute approximate surface area is 264 Å². The van der Waals surface area contributed by atoms with Gasteiger partial charge in [-0.3, -0.25) is 9.36 Å². The molecular formula is C34H30N6O2Pt. The summed E-state index contributed by atoms with van der Waals surface area (Å²) in [6.45, 7) is 12.5. The zero-order valence-electron chi connectivity index (χ0n) is 24.7. The van der Waals surface area contributed by atoms with Crippen LogP contribution in [0.3, 0.4) is 0 Å². The van der Waals surface area contributed by atoms with Crippen molar-refractivity contribution in [2.75, 3.05) is 0 Å². The van der Waals surface area contributed by atoms with Crippen LogP contribution < -0.4 is 0 Å². The SMILES string of the molecule is CC(C)(C)c1nc2cc[c-]c(-n3ccc(-c4ccccc4-c4ccn(-c5[c-]ccc6nc(C(C)(C)C)oc56)n4)n3)c2o1.[Pt+2]. The Kier molecular flexibility index (Phi) is 7.01. The molecule has 0 atom stereocenters. The minimum absolute atomic E-state index is 0. The molecular weight excluding hydrogens is 719 g/mol. The predicted molar refractivity (Wildman–Crippen MR) is 162 cm³/mol. The van der Waals surface area contributed by atoms with E-state index < -0.39 is 0 Å². The van der Waals surface area contributed by atoms with Crippen molar-refractivity contribution in [2.24, 2.45) is 0 Å². The number of benzene rings is 3. The summed E-state index contributed by atoms with van der Waals surface area (Å²) in [4.78, 5) is 9.39. The third-order valence-corrected chi connectivity index (χ3v) is 7.06. The number of hydrogen-bond acceptors (Lipinski definition) is 6.